The van der Waals surface area contributed by atoms with Crippen molar-refractivity contribution in [1.82, 2.24) is 20.1 Å². The second kappa shape index (κ2) is 10.9. The van der Waals surface area contributed by atoms with Crippen molar-refractivity contribution in [2.75, 3.05) is 0 Å². The van der Waals surface area contributed by atoms with Crippen molar-refractivity contribution in [2.24, 2.45) is 0 Å². The van der Waals surface area contributed by atoms with Crippen LogP contribution < -0.4 is 5.32 Å². The molecule has 4 rings (SSSR count). The molecule has 1 heterocycles. The van der Waals surface area contributed by atoms with Gasteiger partial charge in [-0.1, -0.05) is 71.4 Å². The number of rotatable bonds is 7. The molecule has 0 bridgehead atoms. The van der Waals surface area contributed by atoms with Crippen molar-refractivity contribution in [3.8, 4) is 5.69 Å². The number of carbonyl (C=O) groups is 1. The molecule has 1 amide bonds. The lowest BCUT2D eigenvalue weighted by molar-refractivity contribution is -0.137. The van der Waals surface area contributed by atoms with E-state index in [-0.39, 0.29) is 5.56 Å². The molecule has 0 saturated carbocycles. The van der Waals surface area contributed by atoms with E-state index in [1.54, 1.807) is 29.7 Å². The molecule has 5 nitrogen and oxygen atoms in total. The Kier molecular flexibility index (Phi) is 7.92. The van der Waals surface area contributed by atoms with Crippen LogP contribution in [-0.2, 0) is 11.9 Å². The SMILES string of the molecule is CC(NC(=O)c1cccc(C(F)(F)F)c1)c1nnc(SCc2ccccc2)n1-c1ccc(Cl)cc1Cl. The van der Waals surface area contributed by atoms with Crippen LogP contribution in [0.5, 0.6) is 0 Å². The Morgan fingerprint density at radius 3 is 2.47 bits per heavy atom. The highest BCUT2D eigenvalue weighted by atomic mass is 35.5. The third-order valence-electron chi connectivity index (χ3n) is 5.21. The van der Waals surface area contributed by atoms with Gasteiger partial charge in [-0.3, -0.25) is 9.36 Å². The first-order chi connectivity index (χ1) is 17.1. The first kappa shape index (κ1) is 26.1. The molecule has 1 aromatic heterocycles. The van der Waals surface area contributed by atoms with Crippen molar-refractivity contribution in [2.45, 2.75) is 30.1 Å². The second-order valence-electron chi connectivity index (χ2n) is 7.82. The first-order valence-electron chi connectivity index (χ1n) is 10.7. The molecule has 0 aliphatic rings. The second-order valence-corrected chi connectivity index (χ2v) is 9.61. The topological polar surface area (TPSA) is 59.8 Å². The summed E-state index contributed by atoms with van der Waals surface area (Å²) < 4.78 is 41.0. The number of halogens is 5. The van der Waals surface area contributed by atoms with Gasteiger partial charge in [-0.2, -0.15) is 13.2 Å². The van der Waals surface area contributed by atoms with E-state index >= 15 is 0 Å². The predicted molar refractivity (Wildman–Crippen MR) is 135 cm³/mol. The number of thioether (sulfide) groups is 1. The van der Waals surface area contributed by atoms with Gasteiger partial charge in [-0.15, -0.1) is 10.2 Å². The summed E-state index contributed by atoms with van der Waals surface area (Å²) in [4.78, 5) is 12.8. The van der Waals surface area contributed by atoms with Gasteiger partial charge in [0.2, 0.25) is 0 Å². The fourth-order valence-electron chi connectivity index (χ4n) is 3.45. The molecule has 1 N–H and O–H groups in total. The lowest BCUT2D eigenvalue weighted by Gasteiger charge is -2.17. The summed E-state index contributed by atoms with van der Waals surface area (Å²) in [5, 5.41) is 12.6. The lowest BCUT2D eigenvalue weighted by atomic mass is 10.1. The van der Waals surface area contributed by atoms with Gasteiger partial charge in [-0.25, -0.2) is 0 Å². The maximum atomic E-state index is 13.1. The minimum absolute atomic E-state index is 0.119. The van der Waals surface area contributed by atoms with E-state index in [0.717, 1.165) is 17.7 Å². The number of hydrogen-bond donors (Lipinski definition) is 1. The molecule has 36 heavy (non-hydrogen) atoms. The number of benzene rings is 3. The number of carbonyl (C=O) groups excluding carboxylic acids is 1. The van der Waals surface area contributed by atoms with Crippen LogP contribution in [0.4, 0.5) is 13.2 Å². The summed E-state index contributed by atoms with van der Waals surface area (Å²) in [5.74, 6) is 0.286. The number of amides is 1. The summed E-state index contributed by atoms with van der Waals surface area (Å²) in [7, 11) is 0. The van der Waals surface area contributed by atoms with Gasteiger partial charge in [-0.05, 0) is 48.9 Å². The highest BCUT2D eigenvalue weighted by Gasteiger charge is 2.31. The molecule has 1 unspecified atom stereocenters. The highest BCUT2D eigenvalue weighted by molar-refractivity contribution is 7.98. The monoisotopic (exact) mass is 550 g/mol. The zero-order chi connectivity index (χ0) is 25.9. The Labute approximate surface area is 219 Å². The molecule has 4 aromatic rings. The van der Waals surface area contributed by atoms with Crippen LogP contribution in [0.25, 0.3) is 5.69 Å². The Hall–Kier alpha value is -3.01. The summed E-state index contributed by atoms with van der Waals surface area (Å²) in [6, 6.07) is 18.3. The summed E-state index contributed by atoms with van der Waals surface area (Å²) in [6.07, 6.45) is -4.56. The molecule has 0 fully saturated rings. The molecular formula is C25H19Cl2F3N4OS. The van der Waals surface area contributed by atoms with Gasteiger partial charge in [0, 0.05) is 16.3 Å². The van der Waals surface area contributed by atoms with Crippen molar-refractivity contribution in [1.29, 1.82) is 0 Å². The van der Waals surface area contributed by atoms with E-state index in [0.29, 0.717) is 32.5 Å². The van der Waals surface area contributed by atoms with Crippen molar-refractivity contribution in [3.63, 3.8) is 0 Å². The molecule has 0 spiro atoms. The van der Waals surface area contributed by atoms with Crippen molar-refractivity contribution >= 4 is 40.9 Å². The number of aromatic nitrogens is 3. The average molecular weight is 551 g/mol. The maximum absolute atomic E-state index is 13.1. The smallest absolute Gasteiger partial charge is 0.342 e. The van der Waals surface area contributed by atoms with E-state index < -0.39 is 23.7 Å². The molecule has 0 radical (unpaired) electrons. The third kappa shape index (κ3) is 6.03. The Morgan fingerprint density at radius 1 is 1.03 bits per heavy atom. The van der Waals surface area contributed by atoms with E-state index in [4.69, 9.17) is 23.2 Å². The zero-order valence-corrected chi connectivity index (χ0v) is 21.1. The fraction of sp³-hybridized carbons (Fsp3) is 0.160. The standard InChI is InChI=1S/C25H19Cl2F3N4OS/c1-15(31-23(35)17-8-5-9-18(12-17)25(28,29)30)22-32-33-24(36-14-16-6-3-2-4-7-16)34(22)21-11-10-19(26)13-20(21)27/h2-13,15H,14H2,1H3,(H,31,35). The zero-order valence-electron chi connectivity index (χ0n) is 18.8. The van der Waals surface area contributed by atoms with Gasteiger partial charge in [0.05, 0.1) is 22.3 Å². The van der Waals surface area contributed by atoms with Gasteiger partial charge in [0.25, 0.3) is 5.91 Å². The molecule has 0 aliphatic heterocycles. The van der Waals surface area contributed by atoms with Crippen LogP contribution in [0.15, 0.2) is 78.0 Å². The van der Waals surface area contributed by atoms with Gasteiger partial charge in [0.1, 0.15) is 0 Å². The minimum Gasteiger partial charge on any atom is -0.342 e. The quantitative estimate of drug-likeness (QED) is 0.244. The van der Waals surface area contributed by atoms with Crippen LogP contribution in [-0.4, -0.2) is 20.7 Å². The van der Waals surface area contributed by atoms with Crippen LogP contribution >= 0.6 is 35.0 Å². The molecule has 0 saturated heterocycles. The van der Waals surface area contributed by atoms with Crippen molar-refractivity contribution < 1.29 is 18.0 Å². The normalized spacial score (nSPS) is 12.4. The van der Waals surface area contributed by atoms with Gasteiger partial charge in [0.15, 0.2) is 11.0 Å². The predicted octanol–water partition coefficient (Wildman–Crippen LogP) is 7.38. The number of alkyl halides is 3. The Morgan fingerprint density at radius 2 is 1.78 bits per heavy atom. The molecule has 11 heteroatoms. The van der Waals surface area contributed by atoms with Crippen LogP contribution in [0, 0.1) is 0 Å². The van der Waals surface area contributed by atoms with Crippen LogP contribution in [0.3, 0.4) is 0 Å². The summed E-state index contributed by atoms with van der Waals surface area (Å²) >= 11 is 14.0. The fourth-order valence-corrected chi connectivity index (χ4v) is 4.85. The number of hydrogen-bond acceptors (Lipinski definition) is 4. The van der Waals surface area contributed by atoms with E-state index in [9.17, 15) is 18.0 Å². The van der Waals surface area contributed by atoms with Gasteiger partial charge < -0.3 is 5.32 Å². The summed E-state index contributed by atoms with van der Waals surface area (Å²) in [6.45, 7) is 1.67. The first-order valence-corrected chi connectivity index (χ1v) is 12.4. The minimum atomic E-state index is -4.56. The molecule has 1 atom stereocenters. The summed E-state index contributed by atoms with van der Waals surface area (Å²) in [5.41, 5.74) is 0.605. The maximum Gasteiger partial charge on any atom is 0.416 e. The van der Waals surface area contributed by atoms with E-state index in [1.807, 2.05) is 30.3 Å². The molecule has 3 aromatic carbocycles. The molecule has 186 valence electrons. The lowest BCUT2D eigenvalue weighted by Crippen LogP contribution is -2.29. The van der Waals surface area contributed by atoms with E-state index in [2.05, 4.69) is 15.5 Å². The largest absolute Gasteiger partial charge is 0.416 e. The molecule has 0 aliphatic carbocycles. The van der Waals surface area contributed by atoms with Gasteiger partial charge >= 0.3 is 6.18 Å². The third-order valence-corrected chi connectivity index (χ3v) is 6.74. The van der Waals surface area contributed by atoms with Crippen molar-refractivity contribution in [3.05, 3.63) is 105 Å². The average Bonchev–Trinajstić information content (AvgIpc) is 3.26. The number of nitrogens with one attached hydrogen (secondary N) is 1. The van der Waals surface area contributed by atoms with Crippen LogP contribution in [0.1, 0.15) is 40.3 Å². The molecular weight excluding hydrogens is 532 g/mol. The Bertz CT molecular complexity index is 1380. The Balaban J connectivity index is 1.65. The van der Waals surface area contributed by atoms with Crippen LogP contribution in [0.2, 0.25) is 10.0 Å². The highest BCUT2D eigenvalue weighted by Crippen LogP contribution is 2.33. The van der Waals surface area contributed by atoms with E-state index in [1.165, 1.54) is 23.9 Å². The number of nitrogens with zero attached hydrogens (tertiary/aromatic N) is 3.